The lowest BCUT2D eigenvalue weighted by atomic mass is 10.1. The number of nitrogen functional groups attached to an aromatic ring is 1. The largest absolute Gasteiger partial charge is 0.397 e. The van der Waals surface area contributed by atoms with Crippen LogP contribution in [0.2, 0.25) is 5.02 Å². The normalized spacial score (nSPS) is 10.6. The quantitative estimate of drug-likeness (QED) is 0.624. The van der Waals surface area contributed by atoms with Gasteiger partial charge in [0.05, 0.1) is 11.4 Å². The summed E-state index contributed by atoms with van der Waals surface area (Å²) in [7, 11) is 0. The standard InChI is InChI=1S/C17H21ClN2/c1-12-10-16(19)17(11-13(12)2)20-9-3-4-14-5-7-15(18)8-6-14/h5-8,10-11,20H,3-4,9,19H2,1-2H3. The summed E-state index contributed by atoms with van der Waals surface area (Å²) in [6.07, 6.45) is 2.10. The van der Waals surface area contributed by atoms with Crippen molar-refractivity contribution in [2.75, 3.05) is 17.6 Å². The molecule has 0 radical (unpaired) electrons. The summed E-state index contributed by atoms with van der Waals surface area (Å²) >= 11 is 5.87. The molecule has 2 rings (SSSR count). The zero-order valence-electron chi connectivity index (χ0n) is 12.0. The lowest BCUT2D eigenvalue weighted by molar-refractivity contribution is 0.863. The summed E-state index contributed by atoms with van der Waals surface area (Å²) < 4.78 is 0. The summed E-state index contributed by atoms with van der Waals surface area (Å²) in [5.41, 5.74) is 11.7. The first-order valence-corrected chi connectivity index (χ1v) is 7.29. The minimum absolute atomic E-state index is 0.787. The number of benzene rings is 2. The average Bonchev–Trinajstić information content (AvgIpc) is 2.42. The molecule has 0 spiro atoms. The van der Waals surface area contributed by atoms with E-state index in [1.54, 1.807) is 0 Å². The number of nitrogens with two attached hydrogens (primary N) is 1. The van der Waals surface area contributed by atoms with Crippen LogP contribution in [-0.4, -0.2) is 6.54 Å². The Bertz CT molecular complexity index is 576. The highest BCUT2D eigenvalue weighted by atomic mass is 35.5. The van der Waals surface area contributed by atoms with Crippen molar-refractivity contribution in [3.8, 4) is 0 Å². The van der Waals surface area contributed by atoms with Gasteiger partial charge in [-0.05, 0) is 67.6 Å². The Morgan fingerprint density at radius 2 is 1.70 bits per heavy atom. The number of aryl methyl sites for hydroxylation is 3. The van der Waals surface area contributed by atoms with Crippen molar-refractivity contribution < 1.29 is 0 Å². The topological polar surface area (TPSA) is 38.0 Å². The average molecular weight is 289 g/mol. The SMILES string of the molecule is Cc1cc(N)c(NCCCc2ccc(Cl)cc2)cc1C. The molecule has 3 N–H and O–H groups in total. The molecule has 0 heterocycles. The third kappa shape index (κ3) is 3.91. The lowest BCUT2D eigenvalue weighted by Gasteiger charge is -2.12. The minimum atomic E-state index is 0.787. The van der Waals surface area contributed by atoms with E-state index in [4.69, 9.17) is 17.3 Å². The van der Waals surface area contributed by atoms with Gasteiger partial charge in [0.1, 0.15) is 0 Å². The van der Waals surface area contributed by atoms with Crippen molar-refractivity contribution >= 4 is 23.0 Å². The predicted molar refractivity (Wildman–Crippen MR) is 88.6 cm³/mol. The lowest BCUT2D eigenvalue weighted by Crippen LogP contribution is -2.06. The van der Waals surface area contributed by atoms with E-state index in [2.05, 4.69) is 37.4 Å². The maximum atomic E-state index is 6.02. The third-order valence-corrected chi connectivity index (χ3v) is 3.79. The van der Waals surface area contributed by atoms with E-state index in [0.29, 0.717) is 0 Å². The molecule has 0 saturated carbocycles. The van der Waals surface area contributed by atoms with Crippen LogP contribution < -0.4 is 11.1 Å². The number of hydrogen-bond donors (Lipinski definition) is 2. The van der Waals surface area contributed by atoms with Crippen molar-refractivity contribution in [2.45, 2.75) is 26.7 Å². The van der Waals surface area contributed by atoms with E-state index < -0.39 is 0 Å². The minimum Gasteiger partial charge on any atom is -0.397 e. The van der Waals surface area contributed by atoms with E-state index >= 15 is 0 Å². The first-order chi connectivity index (χ1) is 9.56. The molecule has 0 amide bonds. The zero-order valence-corrected chi connectivity index (χ0v) is 12.8. The van der Waals surface area contributed by atoms with Gasteiger partial charge in [0.25, 0.3) is 0 Å². The molecule has 0 aliphatic rings. The Balaban J connectivity index is 1.84. The van der Waals surface area contributed by atoms with Crippen molar-refractivity contribution in [3.63, 3.8) is 0 Å². The Labute approximate surface area is 126 Å². The van der Waals surface area contributed by atoms with Crippen molar-refractivity contribution in [3.05, 3.63) is 58.1 Å². The van der Waals surface area contributed by atoms with Gasteiger partial charge < -0.3 is 11.1 Å². The van der Waals surface area contributed by atoms with Crippen LogP contribution >= 0.6 is 11.6 Å². The second kappa shape index (κ2) is 6.67. The van der Waals surface area contributed by atoms with E-state index in [-0.39, 0.29) is 0 Å². The van der Waals surface area contributed by atoms with Gasteiger partial charge in [-0.2, -0.15) is 0 Å². The van der Waals surface area contributed by atoms with Gasteiger partial charge in [0, 0.05) is 11.6 Å². The molecular weight excluding hydrogens is 268 g/mol. The molecular formula is C17H21ClN2. The summed E-state index contributed by atoms with van der Waals surface area (Å²) in [5, 5.41) is 4.20. The van der Waals surface area contributed by atoms with E-state index in [0.717, 1.165) is 35.8 Å². The van der Waals surface area contributed by atoms with Gasteiger partial charge in [-0.3, -0.25) is 0 Å². The molecule has 0 aromatic heterocycles. The van der Waals surface area contributed by atoms with Crippen LogP contribution in [0.5, 0.6) is 0 Å². The second-order valence-electron chi connectivity index (χ2n) is 5.18. The van der Waals surface area contributed by atoms with E-state index in [9.17, 15) is 0 Å². The van der Waals surface area contributed by atoms with Crippen LogP contribution in [0.3, 0.4) is 0 Å². The second-order valence-corrected chi connectivity index (χ2v) is 5.62. The molecule has 0 aliphatic heterocycles. The molecule has 106 valence electrons. The van der Waals surface area contributed by atoms with Crippen LogP contribution in [0.25, 0.3) is 0 Å². The molecule has 2 aromatic carbocycles. The maximum absolute atomic E-state index is 6.02. The van der Waals surface area contributed by atoms with Gasteiger partial charge in [0.2, 0.25) is 0 Å². The number of hydrogen-bond acceptors (Lipinski definition) is 2. The van der Waals surface area contributed by atoms with Crippen LogP contribution in [0.4, 0.5) is 11.4 Å². The number of anilines is 2. The van der Waals surface area contributed by atoms with Crippen LogP contribution in [0.15, 0.2) is 36.4 Å². The van der Waals surface area contributed by atoms with Gasteiger partial charge in [-0.25, -0.2) is 0 Å². The Morgan fingerprint density at radius 3 is 2.40 bits per heavy atom. The summed E-state index contributed by atoms with van der Waals surface area (Å²) in [5.74, 6) is 0. The smallest absolute Gasteiger partial charge is 0.0576 e. The molecule has 2 aromatic rings. The molecule has 0 aliphatic carbocycles. The number of halogens is 1. The van der Waals surface area contributed by atoms with E-state index in [1.807, 2.05) is 18.2 Å². The highest BCUT2D eigenvalue weighted by Gasteiger charge is 2.02. The maximum Gasteiger partial charge on any atom is 0.0576 e. The van der Waals surface area contributed by atoms with Crippen LogP contribution in [0, 0.1) is 13.8 Å². The Kier molecular flexibility index (Phi) is 4.91. The van der Waals surface area contributed by atoms with E-state index in [1.165, 1.54) is 16.7 Å². The van der Waals surface area contributed by atoms with Gasteiger partial charge in [-0.1, -0.05) is 23.7 Å². The molecule has 20 heavy (non-hydrogen) atoms. The van der Waals surface area contributed by atoms with Crippen LogP contribution in [0.1, 0.15) is 23.1 Å². The molecule has 3 heteroatoms. The fraction of sp³-hybridized carbons (Fsp3) is 0.294. The molecule has 0 saturated heterocycles. The Hall–Kier alpha value is -1.67. The Morgan fingerprint density at radius 1 is 1.05 bits per heavy atom. The zero-order chi connectivity index (χ0) is 14.5. The third-order valence-electron chi connectivity index (χ3n) is 3.54. The summed E-state index contributed by atoms with van der Waals surface area (Å²) in [4.78, 5) is 0. The fourth-order valence-electron chi connectivity index (χ4n) is 2.16. The molecule has 0 bridgehead atoms. The molecule has 0 atom stereocenters. The van der Waals surface area contributed by atoms with Crippen molar-refractivity contribution in [1.82, 2.24) is 0 Å². The highest BCUT2D eigenvalue weighted by molar-refractivity contribution is 6.30. The summed E-state index contributed by atoms with van der Waals surface area (Å²) in [6.45, 7) is 5.10. The van der Waals surface area contributed by atoms with Crippen molar-refractivity contribution in [2.24, 2.45) is 0 Å². The molecule has 0 unspecified atom stereocenters. The fourth-order valence-corrected chi connectivity index (χ4v) is 2.28. The van der Waals surface area contributed by atoms with Crippen LogP contribution in [-0.2, 0) is 6.42 Å². The van der Waals surface area contributed by atoms with Gasteiger partial charge >= 0.3 is 0 Å². The first kappa shape index (κ1) is 14.7. The number of nitrogens with one attached hydrogen (secondary N) is 1. The molecule has 2 nitrogen and oxygen atoms in total. The first-order valence-electron chi connectivity index (χ1n) is 6.91. The number of rotatable bonds is 5. The summed E-state index contributed by atoms with van der Waals surface area (Å²) in [6, 6.07) is 12.2. The predicted octanol–water partition coefficient (Wildman–Crippen LogP) is 4.58. The highest BCUT2D eigenvalue weighted by Crippen LogP contribution is 2.23. The molecule has 0 fully saturated rings. The monoisotopic (exact) mass is 288 g/mol. The van der Waals surface area contributed by atoms with Gasteiger partial charge in [0.15, 0.2) is 0 Å². The van der Waals surface area contributed by atoms with Crippen molar-refractivity contribution in [1.29, 1.82) is 0 Å². The van der Waals surface area contributed by atoms with Gasteiger partial charge in [-0.15, -0.1) is 0 Å².